The fourth-order valence-corrected chi connectivity index (χ4v) is 2.83. The van der Waals surface area contributed by atoms with E-state index in [-0.39, 0.29) is 18.1 Å². The first-order valence-corrected chi connectivity index (χ1v) is 5.79. The molecule has 15 heavy (non-hydrogen) atoms. The largest absolute Gasteiger partial charge is 0.369 e. The van der Waals surface area contributed by atoms with E-state index in [0.717, 1.165) is 4.31 Å². The monoisotopic (exact) mass is 234 g/mol. The summed E-state index contributed by atoms with van der Waals surface area (Å²) in [6.07, 6.45) is -0.0460. The van der Waals surface area contributed by atoms with E-state index in [2.05, 4.69) is 0 Å². The first-order valence-electron chi connectivity index (χ1n) is 4.18. The highest BCUT2D eigenvalue weighted by Gasteiger charge is 2.44. The fourth-order valence-electron chi connectivity index (χ4n) is 1.51. The van der Waals surface area contributed by atoms with Gasteiger partial charge in [0.2, 0.25) is 21.8 Å². The van der Waals surface area contributed by atoms with Gasteiger partial charge in [0.15, 0.2) is 0 Å². The van der Waals surface area contributed by atoms with E-state index in [1.807, 2.05) is 0 Å². The molecule has 1 radical (unpaired) electrons. The average Bonchev–Trinajstić information content (AvgIpc) is 2.08. The van der Waals surface area contributed by atoms with Gasteiger partial charge in [-0.25, -0.2) is 8.42 Å². The molecule has 2 amide bonds. The maximum atomic E-state index is 11.4. The molecule has 1 aliphatic rings. The van der Waals surface area contributed by atoms with Crippen LogP contribution in [0.4, 0.5) is 0 Å². The molecule has 0 bridgehead atoms. The van der Waals surface area contributed by atoms with Crippen LogP contribution >= 0.6 is 0 Å². The number of likely N-dealkylation sites (N-methyl/N-ethyl adjacent to an activating group) is 1. The van der Waals surface area contributed by atoms with Gasteiger partial charge < -0.3 is 11.5 Å². The Hall–Kier alpha value is -1.15. The molecule has 7 nitrogen and oxygen atoms in total. The first kappa shape index (κ1) is 11.9. The Kier molecular flexibility index (Phi) is 3.00. The SMILES string of the molecule is CN1C(C(N)=O)[C](C(N)=O)CCS1(=O)=O. The molecular formula is C7H12N3O4S. The van der Waals surface area contributed by atoms with Crippen molar-refractivity contribution in [2.45, 2.75) is 12.5 Å². The van der Waals surface area contributed by atoms with Gasteiger partial charge in [-0.15, -0.1) is 0 Å². The highest BCUT2D eigenvalue weighted by atomic mass is 32.2. The van der Waals surface area contributed by atoms with Crippen molar-refractivity contribution in [2.24, 2.45) is 11.5 Å². The summed E-state index contributed by atoms with van der Waals surface area (Å²) in [5.41, 5.74) is 10.1. The Morgan fingerprint density at radius 3 is 2.33 bits per heavy atom. The summed E-state index contributed by atoms with van der Waals surface area (Å²) >= 11 is 0. The van der Waals surface area contributed by atoms with Crippen LogP contribution in [0.15, 0.2) is 0 Å². The summed E-state index contributed by atoms with van der Waals surface area (Å²) in [6, 6.07) is -1.25. The van der Waals surface area contributed by atoms with E-state index in [9.17, 15) is 18.0 Å². The third-order valence-electron chi connectivity index (χ3n) is 2.35. The van der Waals surface area contributed by atoms with Crippen LogP contribution in [-0.2, 0) is 19.6 Å². The molecule has 1 atom stereocenters. The van der Waals surface area contributed by atoms with Crippen LogP contribution in [0.25, 0.3) is 0 Å². The van der Waals surface area contributed by atoms with Crippen LogP contribution in [0, 0.1) is 5.92 Å². The predicted molar refractivity (Wildman–Crippen MR) is 51.6 cm³/mol. The van der Waals surface area contributed by atoms with Crippen LogP contribution in [0.1, 0.15) is 6.42 Å². The zero-order valence-corrected chi connectivity index (χ0v) is 8.95. The highest BCUT2D eigenvalue weighted by molar-refractivity contribution is 7.89. The van der Waals surface area contributed by atoms with Crippen molar-refractivity contribution in [3.8, 4) is 0 Å². The van der Waals surface area contributed by atoms with Crippen LogP contribution in [-0.4, -0.2) is 43.4 Å². The van der Waals surface area contributed by atoms with Gasteiger partial charge in [-0.05, 0) is 6.42 Å². The molecule has 0 aromatic rings. The zero-order chi connectivity index (χ0) is 11.8. The molecule has 0 aromatic heterocycles. The molecule has 4 N–H and O–H groups in total. The minimum Gasteiger partial charge on any atom is -0.369 e. The summed E-state index contributed by atoms with van der Waals surface area (Å²) < 4.78 is 23.6. The van der Waals surface area contributed by atoms with E-state index in [0.29, 0.717) is 0 Å². The van der Waals surface area contributed by atoms with Gasteiger partial charge in [0, 0.05) is 7.05 Å². The van der Waals surface area contributed by atoms with Gasteiger partial charge in [-0.2, -0.15) is 4.31 Å². The van der Waals surface area contributed by atoms with Crippen molar-refractivity contribution in [1.29, 1.82) is 0 Å². The Morgan fingerprint density at radius 1 is 1.40 bits per heavy atom. The Morgan fingerprint density at radius 2 is 1.93 bits per heavy atom. The molecule has 1 fully saturated rings. The quantitative estimate of drug-likeness (QED) is 0.551. The minimum absolute atomic E-state index is 0.0415. The average molecular weight is 234 g/mol. The van der Waals surface area contributed by atoms with Crippen LogP contribution in [0.5, 0.6) is 0 Å². The highest BCUT2D eigenvalue weighted by Crippen LogP contribution is 2.25. The van der Waals surface area contributed by atoms with E-state index >= 15 is 0 Å². The maximum absolute atomic E-state index is 11.4. The molecule has 1 unspecified atom stereocenters. The third kappa shape index (κ3) is 2.10. The molecule has 1 rings (SSSR count). The zero-order valence-electron chi connectivity index (χ0n) is 8.13. The van der Waals surface area contributed by atoms with Crippen molar-refractivity contribution in [2.75, 3.05) is 12.8 Å². The second-order valence-electron chi connectivity index (χ2n) is 3.28. The summed E-state index contributed by atoms with van der Waals surface area (Å²) in [7, 11) is -2.32. The Bertz CT molecular complexity index is 391. The van der Waals surface area contributed by atoms with Crippen molar-refractivity contribution < 1.29 is 18.0 Å². The van der Waals surface area contributed by atoms with Gasteiger partial charge in [0.1, 0.15) is 6.04 Å². The first-order chi connectivity index (χ1) is 6.77. The second kappa shape index (κ2) is 3.78. The van der Waals surface area contributed by atoms with Crippen molar-refractivity contribution in [3.63, 3.8) is 0 Å². The molecule has 85 valence electrons. The molecule has 0 saturated carbocycles. The van der Waals surface area contributed by atoms with Crippen molar-refractivity contribution in [3.05, 3.63) is 5.92 Å². The van der Waals surface area contributed by atoms with E-state index < -0.39 is 27.9 Å². The van der Waals surface area contributed by atoms with E-state index in [1.54, 1.807) is 0 Å². The molecule has 1 saturated heterocycles. The van der Waals surface area contributed by atoms with Crippen molar-refractivity contribution >= 4 is 21.8 Å². The number of amides is 2. The number of sulfonamides is 1. The van der Waals surface area contributed by atoms with E-state index in [1.165, 1.54) is 7.05 Å². The molecule has 1 heterocycles. The minimum atomic E-state index is -3.52. The topological polar surface area (TPSA) is 124 Å². The summed E-state index contributed by atoms with van der Waals surface area (Å²) in [5, 5.41) is 0. The number of hydrogen-bond acceptors (Lipinski definition) is 4. The number of hydrogen-bond donors (Lipinski definition) is 2. The van der Waals surface area contributed by atoms with Crippen molar-refractivity contribution in [1.82, 2.24) is 4.31 Å². The standard InChI is InChI=1S/C7H12N3O4S/c1-10-5(7(9)12)4(6(8)11)2-3-15(10,13)14/h5H,2-3H2,1H3,(H2,8,11)(H2,9,12). The van der Waals surface area contributed by atoms with Gasteiger partial charge >= 0.3 is 0 Å². The summed E-state index contributed by atoms with van der Waals surface area (Å²) in [4.78, 5) is 22.0. The lowest BCUT2D eigenvalue weighted by Gasteiger charge is -2.33. The third-order valence-corrected chi connectivity index (χ3v) is 4.16. The molecule has 0 aliphatic carbocycles. The van der Waals surface area contributed by atoms with Crippen LogP contribution in [0.2, 0.25) is 0 Å². The Labute approximate surface area is 87.4 Å². The number of carbonyl (C=O) groups is 2. The fraction of sp³-hybridized carbons (Fsp3) is 0.571. The summed E-state index contributed by atoms with van der Waals surface area (Å²) in [6.45, 7) is 0. The van der Waals surface area contributed by atoms with Gasteiger partial charge in [-0.3, -0.25) is 9.59 Å². The molecule has 1 aliphatic heterocycles. The van der Waals surface area contributed by atoms with Gasteiger partial charge in [-0.1, -0.05) is 0 Å². The normalized spacial score (nSPS) is 27.4. The van der Waals surface area contributed by atoms with Crippen LogP contribution < -0.4 is 11.5 Å². The lowest BCUT2D eigenvalue weighted by molar-refractivity contribution is -0.125. The van der Waals surface area contributed by atoms with Gasteiger partial charge in [0.25, 0.3) is 0 Å². The lowest BCUT2D eigenvalue weighted by Crippen LogP contribution is -2.56. The second-order valence-corrected chi connectivity index (χ2v) is 5.42. The van der Waals surface area contributed by atoms with E-state index in [4.69, 9.17) is 11.5 Å². The molecule has 0 aromatic carbocycles. The lowest BCUT2D eigenvalue weighted by atomic mass is 9.95. The molecule has 8 heteroatoms. The van der Waals surface area contributed by atoms with Gasteiger partial charge in [0.05, 0.1) is 11.7 Å². The number of rotatable bonds is 2. The smallest absolute Gasteiger partial charge is 0.237 e. The number of primary amides is 2. The molecule has 0 spiro atoms. The Balaban J connectivity index is 3.09. The number of nitrogens with zero attached hydrogens (tertiary/aromatic N) is 1. The number of carbonyl (C=O) groups excluding carboxylic acids is 2. The maximum Gasteiger partial charge on any atom is 0.237 e. The number of nitrogens with two attached hydrogens (primary N) is 2. The van der Waals surface area contributed by atoms with Crippen LogP contribution in [0.3, 0.4) is 0 Å². The predicted octanol–water partition coefficient (Wildman–Crippen LogP) is -2.43. The molecular weight excluding hydrogens is 222 g/mol. The summed E-state index contributed by atoms with van der Waals surface area (Å²) in [5.74, 6) is -1.87.